The lowest BCUT2D eigenvalue weighted by atomic mass is 10.1. The molecule has 2 rings (SSSR count). The number of piperidine rings is 1. The lowest BCUT2D eigenvalue weighted by Gasteiger charge is -2.32. The maximum Gasteiger partial charge on any atom is 0.142 e. The topological polar surface area (TPSA) is 49.1 Å². The first kappa shape index (κ1) is 10.9. The Balaban J connectivity index is 2.05. The summed E-state index contributed by atoms with van der Waals surface area (Å²) in [6.45, 7) is 1.89. The highest BCUT2D eigenvalue weighted by Crippen LogP contribution is 2.19. The summed E-state index contributed by atoms with van der Waals surface area (Å²) in [5.41, 5.74) is 0.478. The number of pyridine rings is 1. The first-order valence-electron chi connectivity index (χ1n) is 5.48. The third kappa shape index (κ3) is 2.31. The Hall–Kier alpha value is -1.60. The zero-order chi connectivity index (χ0) is 11.4. The fraction of sp³-hybridized carbons (Fsp3) is 0.500. The van der Waals surface area contributed by atoms with Gasteiger partial charge in [0.15, 0.2) is 0 Å². The lowest BCUT2D eigenvalue weighted by molar-refractivity contribution is 0.0818. The van der Waals surface area contributed by atoms with Gasteiger partial charge in [-0.25, -0.2) is 4.98 Å². The monoisotopic (exact) mass is 217 g/mol. The number of anilines is 1. The van der Waals surface area contributed by atoms with E-state index in [1.54, 1.807) is 13.2 Å². The highest BCUT2D eigenvalue weighted by atomic mass is 16.5. The molecule has 0 radical (unpaired) electrons. The average Bonchev–Trinajstić information content (AvgIpc) is 2.39. The zero-order valence-electron chi connectivity index (χ0n) is 9.39. The van der Waals surface area contributed by atoms with E-state index in [0.717, 1.165) is 31.7 Å². The van der Waals surface area contributed by atoms with Crippen LogP contribution in [0.1, 0.15) is 18.5 Å². The van der Waals surface area contributed by atoms with Crippen LogP contribution in [0.3, 0.4) is 0 Å². The van der Waals surface area contributed by atoms with Crippen LogP contribution in [0.4, 0.5) is 5.82 Å². The molecule has 1 aromatic rings. The number of ether oxygens (including phenoxy) is 1. The molecule has 1 fully saturated rings. The number of aromatic nitrogens is 1. The Labute approximate surface area is 95.5 Å². The largest absolute Gasteiger partial charge is 0.381 e. The van der Waals surface area contributed by atoms with Crippen molar-refractivity contribution < 1.29 is 4.74 Å². The lowest BCUT2D eigenvalue weighted by Crippen LogP contribution is -2.37. The van der Waals surface area contributed by atoms with E-state index in [4.69, 9.17) is 10.00 Å². The molecule has 0 atom stereocenters. The van der Waals surface area contributed by atoms with Gasteiger partial charge in [-0.1, -0.05) is 6.07 Å². The molecule has 84 valence electrons. The van der Waals surface area contributed by atoms with Crippen molar-refractivity contribution in [2.24, 2.45) is 0 Å². The third-order valence-electron chi connectivity index (χ3n) is 2.95. The van der Waals surface area contributed by atoms with E-state index in [2.05, 4.69) is 16.0 Å². The third-order valence-corrected chi connectivity index (χ3v) is 2.95. The zero-order valence-corrected chi connectivity index (χ0v) is 9.39. The van der Waals surface area contributed by atoms with E-state index in [-0.39, 0.29) is 0 Å². The van der Waals surface area contributed by atoms with Gasteiger partial charge in [-0.15, -0.1) is 0 Å². The van der Waals surface area contributed by atoms with E-state index in [0.29, 0.717) is 11.8 Å². The van der Waals surface area contributed by atoms with Gasteiger partial charge in [-0.3, -0.25) is 0 Å². The molecule has 0 amide bonds. The van der Waals surface area contributed by atoms with Gasteiger partial charge in [0.25, 0.3) is 0 Å². The minimum absolute atomic E-state index is 0.371. The maximum absolute atomic E-state index is 8.79. The van der Waals surface area contributed by atoms with Crippen molar-refractivity contribution in [3.8, 4) is 6.07 Å². The van der Waals surface area contributed by atoms with Gasteiger partial charge in [0.1, 0.15) is 17.6 Å². The van der Waals surface area contributed by atoms with E-state index in [1.165, 1.54) is 0 Å². The van der Waals surface area contributed by atoms with Crippen LogP contribution in [0.5, 0.6) is 0 Å². The molecule has 4 nitrogen and oxygen atoms in total. The average molecular weight is 217 g/mol. The summed E-state index contributed by atoms with van der Waals surface area (Å²) in [5.74, 6) is 0.897. The van der Waals surface area contributed by atoms with Crippen LogP contribution >= 0.6 is 0 Å². The molecule has 16 heavy (non-hydrogen) atoms. The van der Waals surface area contributed by atoms with Gasteiger partial charge < -0.3 is 9.64 Å². The van der Waals surface area contributed by atoms with Crippen molar-refractivity contribution in [2.75, 3.05) is 25.1 Å². The second-order valence-corrected chi connectivity index (χ2v) is 3.91. The van der Waals surface area contributed by atoms with Crippen LogP contribution < -0.4 is 4.90 Å². The molecule has 0 aromatic carbocycles. The van der Waals surface area contributed by atoms with E-state index in [1.807, 2.05) is 12.1 Å². The van der Waals surface area contributed by atoms with Crippen LogP contribution in [0.2, 0.25) is 0 Å². The van der Waals surface area contributed by atoms with E-state index in [9.17, 15) is 0 Å². The summed E-state index contributed by atoms with van der Waals surface area (Å²) >= 11 is 0. The first-order chi connectivity index (χ1) is 7.83. The van der Waals surface area contributed by atoms with Gasteiger partial charge in [-0.2, -0.15) is 5.26 Å². The summed E-state index contributed by atoms with van der Waals surface area (Å²) in [5, 5.41) is 8.79. The summed E-state index contributed by atoms with van der Waals surface area (Å²) < 4.78 is 5.32. The minimum Gasteiger partial charge on any atom is -0.381 e. The molecule has 0 bridgehead atoms. The molecular weight excluding hydrogens is 202 g/mol. The number of hydrogen-bond acceptors (Lipinski definition) is 4. The molecule has 0 spiro atoms. The summed E-state index contributed by atoms with van der Waals surface area (Å²) in [4.78, 5) is 6.49. The fourth-order valence-electron chi connectivity index (χ4n) is 1.98. The second-order valence-electron chi connectivity index (χ2n) is 3.91. The van der Waals surface area contributed by atoms with Crippen LogP contribution in [0.25, 0.3) is 0 Å². The first-order valence-corrected chi connectivity index (χ1v) is 5.48. The smallest absolute Gasteiger partial charge is 0.142 e. The van der Waals surface area contributed by atoms with Gasteiger partial charge in [0.05, 0.1) is 6.10 Å². The van der Waals surface area contributed by atoms with Crippen LogP contribution in [0, 0.1) is 11.3 Å². The SMILES string of the molecule is COC1CCN(c2cccc(C#N)n2)CC1. The van der Waals surface area contributed by atoms with Crippen LogP contribution in [0.15, 0.2) is 18.2 Å². The molecule has 1 saturated heterocycles. The summed E-state index contributed by atoms with van der Waals surface area (Å²) in [7, 11) is 1.76. The van der Waals surface area contributed by atoms with Gasteiger partial charge >= 0.3 is 0 Å². The Morgan fingerprint density at radius 2 is 2.19 bits per heavy atom. The van der Waals surface area contributed by atoms with Crippen LogP contribution in [-0.4, -0.2) is 31.3 Å². The second kappa shape index (κ2) is 4.95. The van der Waals surface area contributed by atoms with Crippen molar-refractivity contribution in [1.82, 2.24) is 4.98 Å². The van der Waals surface area contributed by atoms with Crippen LogP contribution in [-0.2, 0) is 4.74 Å². The Morgan fingerprint density at radius 1 is 1.44 bits per heavy atom. The van der Waals surface area contributed by atoms with Crippen molar-refractivity contribution >= 4 is 5.82 Å². The molecule has 0 aliphatic carbocycles. The number of methoxy groups -OCH3 is 1. The molecule has 0 N–H and O–H groups in total. The molecule has 1 aliphatic rings. The minimum atomic E-state index is 0.371. The number of nitriles is 1. The Bertz CT molecular complexity index is 391. The highest BCUT2D eigenvalue weighted by Gasteiger charge is 2.19. The summed E-state index contributed by atoms with van der Waals surface area (Å²) in [6, 6.07) is 7.62. The molecule has 4 heteroatoms. The number of hydrogen-bond donors (Lipinski definition) is 0. The molecule has 2 heterocycles. The van der Waals surface area contributed by atoms with Gasteiger partial charge in [-0.05, 0) is 25.0 Å². The van der Waals surface area contributed by atoms with Crippen molar-refractivity contribution in [1.29, 1.82) is 5.26 Å². The molecule has 1 aliphatic heterocycles. The fourth-order valence-corrected chi connectivity index (χ4v) is 1.98. The Kier molecular flexibility index (Phi) is 3.37. The predicted molar refractivity (Wildman–Crippen MR) is 61.2 cm³/mol. The maximum atomic E-state index is 8.79. The normalized spacial score (nSPS) is 17.1. The number of rotatable bonds is 2. The molecular formula is C12H15N3O. The van der Waals surface area contributed by atoms with Crippen molar-refractivity contribution in [3.63, 3.8) is 0 Å². The van der Waals surface area contributed by atoms with E-state index < -0.39 is 0 Å². The summed E-state index contributed by atoms with van der Waals surface area (Å²) in [6.07, 6.45) is 2.42. The quantitative estimate of drug-likeness (QED) is 0.754. The number of nitrogens with zero attached hydrogens (tertiary/aromatic N) is 3. The Morgan fingerprint density at radius 3 is 2.81 bits per heavy atom. The molecule has 0 saturated carbocycles. The molecule has 1 aromatic heterocycles. The van der Waals surface area contributed by atoms with Gasteiger partial charge in [0, 0.05) is 20.2 Å². The van der Waals surface area contributed by atoms with Crippen molar-refractivity contribution in [3.05, 3.63) is 23.9 Å². The van der Waals surface area contributed by atoms with Crippen molar-refractivity contribution in [2.45, 2.75) is 18.9 Å². The van der Waals surface area contributed by atoms with E-state index >= 15 is 0 Å². The molecule has 0 unspecified atom stereocenters. The van der Waals surface area contributed by atoms with Gasteiger partial charge in [0.2, 0.25) is 0 Å². The highest BCUT2D eigenvalue weighted by molar-refractivity contribution is 5.41. The standard InChI is InChI=1S/C12H15N3O/c1-16-11-5-7-15(8-6-11)12-4-2-3-10(9-13)14-12/h2-4,11H,5-8H2,1H3. The predicted octanol–water partition coefficient (Wildman–Crippen LogP) is 1.57.